The summed E-state index contributed by atoms with van der Waals surface area (Å²) in [6, 6.07) is 8.70. The van der Waals surface area contributed by atoms with Gasteiger partial charge >= 0.3 is 0 Å². The molecule has 33 heavy (non-hydrogen) atoms. The number of benzene rings is 1. The lowest BCUT2D eigenvalue weighted by molar-refractivity contribution is -0.127. The molecule has 184 valence electrons. The molecule has 0 spiro atoms. The molecule has 0 aromatic heterocycles. The number of nitrogens with zero attached hydrogens (tertiary/aromatic N) is 4. The number of fused-ring (bicyclic) bond motifs is 1. The molecule has 1 N–H and O–H groups in total. The van der Waals surface area contributed by atoms with Crippen molar-refractivity contribution >= 4 is 41.5 Å². The van der Waals surface area contributed by atoms with Gasteiger partial charge in [0.2, 0.25) is 5.91 Å². The second-order valence-corrected chi connectivity index (χ2v) is 9.35. The number of aliphatic imine (C=N–C) groups is 1. The minimum absolute atomic E-state index is 0. The van der Waals surface area contributed by atoms with Crippen molar-refractivity contribution in [1.82, 2.24) is 15.1 Å². The van der Waals surface area contributed by atoms with Gasteiger partial charge in [-0.05, 0) is 37.3 Å². The molecule has 4 rings (SSSR count). The Morgan fingerprint density at radius 1 is 1.24 bits per heavy atom. The molecule has 1 amide bonds. The molecule has 0 saturated carbocycles. The number of hydrogen-bond acceptors (Lipinski definition) is 4. The van der Waals surface area contributed by atoms with Gasteiger partial charge in [-0.15, -0.1) is 24.0 Å². The summed E-state index contributed by atoms with van der Waals surface area (Å²) in [5.41, 5.74) is 2.64. The van der Waals surface area contributed by atoms with Gasteiger partial charge in [0.25, 0.3) is 0 Å². The number of nitrogens with one attached hydrogen (secondary N) is 1. The highest BCUT2D eigenvalue weighted by molar-refractivity contribution is 14.0. The Morgan fingerprint density at radius 3 is 2.76 bits per heavy atom. The number of morpholine rings is 1. The molecule has 1 aromatic rings. The van der Waals surface area contributed by atoms with Crippen molar-refractivity contribution in [3.63, 3.8) is 0 Å². The van der Waals surface area contributed by atoms with Gasteiger partial charge < -0.3 is 19.9 Å². The second kappa shape index (κ2) is 12.9. The summed E-state index contributed by atoms with van der Waals surface area (Å²) in [6.07, 6.45) is 2.73. The number of carbonyl (C=O) groups excluding carboxylic acids is 1. The van der Waals surface area contributed by atoms with Gasteiger partial charge in [-0.25, -0.2) is 0 Å². The minimum Gasteiger partial charge on any atom is -0.379 e. The monoisotopic (exact) mass is 569 g/mol. The van der Waals surface area contributed by atoms with Gasteiger partial charge in [0.1, 0.15) is 0 Å². The van der Waals surface area contributed by atoms with E-state index in [0.717, 1.165) is 84.4 Å². The van der Waals surface area contributed by atoms with Crippen LogP contribution < -0.4 is 10.2 Å². The minimum atomic E-state index is 0. The zero-order valence-corrected chi connectivity index (χ0v) is 22.5. The second-order valence-electron chi connectivity index (χ2n) is 9.35. The van der Waals surface area contributed by atoms with Crippen molar-refractivity contribution < 1.29 is 9.53 Å². The van der Waals surface area contributed by atoms with Gasteiger partial charge in [-0.1, -0.05) is 25.1 Å². The molecular formula is C25H40IN5O2. The first-order valence-electron chi connectivity index (χ1n) is 12.4. The van der Waals surface area contributed by atoms with E-state index in [2.05, 4.69) is 53.2 Å². The molecule has 0 radical (unpaired) electrons. The molecule has 3 heterocycles. The number of rotatable bonds is 8. The van der Waals surface area contributed by atoms with Crippen molar-refractivity contribution in [2.75, 3.05) is 70.5 Å². The maximum atomic E-state index is 12.1. The lowest BCUT2D eigenvalue weighted by atomic mass is 9.98. The summed E-state index contributed by atoms with van der Waals surface area (Å²) in [4.78, 5) is 24.0. The van der Waals surface area contributed by atoms with Crippen LogP contribution in [-0.2, 0) is 9.53 Å². The Bertz CT molecular complexity index is 799. The smallest absolute Gasteiger partial charge is 0.222 e. The number of para-hydroxylation sites is 1. The molecule has 2 atom stereocenters. The van der Waals surface area contributed by atoms with Crippen molar-refractivity contribution in [1.29, 1.82) is 0 Å². The average Bonchev–Trinajstić information content (AvgIpc) is 3.39. The highest BCUT2D eigenvalue weighted by Gasteiger charge is 2.32. The highest BCUT2D eigenvalue weighted by Crippen LogP contribution is 2.38. The quantitative estimate of drug-likeness (QED) is 0.296. The molecule has 3 aliphatic heterocycles. The zero-order chi connectivity index (χ0) is 22.3. The van der Waals surface area contributed by atoms with Crippen LogP contribution >= 0.6 is 24.0 Å². The van der Waals surface area contributed by atoms with Crippen LogP contribution in [-0.4, -0.2) is 87.2 Å². The van der Waals surface area contributed by atoms with Crippen LogP contribution in [0.15, 0.2) is 29.3 Å². The number of hydrogen-bond donors (Lipinski definition) is 1. The Morgan fingerprint density at radius 2 is 2.03 bits per heavy atom. The number of ether oxygens (including phenoxy) is 1. The normalized spacial score (nSPS) is 22.3. The van der Waals surface area contributed by atoms with E-state index in [1.165, 1.54) is 11.3 Å². The van der Waals surface area contributed by atoms with Gasteiger partial charge in [0.15, 0.2) is 5.96 Å². The molecule has 3 aliphatic rings. The van der Waals surface area contributed by atoms with Gasteiger partial charge in [-0.3, -0.25) is 14.7 Å². The molecule has 2 fully saturated rings. The first kappa shape index (κ1) is 26.2. The largest absolute Gasteiger partial charge is 0.379 e. The van der Waals surface area contributed by atoms with Crippen LogP contribution in [0.5, 0.6) is 0 Å². The summed E-state index contributed by atoms with van der Waals surface area (Å²) < 4.78 is 5.47. The van der Waals surface area contributed by atoms with Crippen LogP contribution in [0.1, 0.15) is 44.6 Å². The van der Waals surface area contributed by atoms with Gasteiger partial charge in [0.05, 0.1) is 13.2 Å². The number of carbonyl (C=O) groups is 1. The van der Waals surface area contributed by atoms with Gasteiger partial charge in [-0.2, -0.15) is 0 Å². The fourth-order valence-corrected chi connectivity index (χ4v) is 5.11. The fourth-order valence-electron chi connectivity index (χ4n) is 5.11. The van der Waals surface area contributed by atoms with Crippen LogP contribution in [0.3, 0.4) is 0 Å². The first-order valence-corrected chi connectivity index (χ1v) is 12.4. The van der Waals surface area contributed by atoms with E-state index >= 15 is 0 Å². The molecule has 0 aliphatic carbocycles. The number of halogens is 1. The number of anilines is 1. The summed E-state index contributed by atoms with van der Waals surface area (Å²) in [7, 11) is 0. The molecule has 0 bridgehead atoms. The number of likely N-dealkylation sites (tertiary alicyclic amines) is 1. The lowest BCUT2D eigenvalue weighted by Gasteiger charge is -2.29. The third-order valence-electron chi connectivity index (χ3n) is 6.81. The summed E-state index contributed by atoms with van der Waals surface area (Å²) >= 11 is 0. The Kier molecular flexibility index (Phi) is 10.2. The third-order valence-corrected chi connectivity index (χ3v) is 6.81. The summed E-state index contributed by atoms with van der Waals surface area (Å²) in [6.45, 7) is 13.6. The van der Waals surface area contributed by atoms with Crippen molar-refractivity contribution in [3.05, 3.63) is 29.8 Å². The number of amides is 1. The third kappa shape index (κ3) is 6.82. The predicted molar refractivity (Wildman–Crippen MR) is 145 cm³/mol. The van der Waals surface area contributed by atoms with Crippen LogP contribution in [0.4, 0.5) is 5.69 Å². The van der Waals surface area contributed by atoms with Crippen LogP contribution in [0.2, 0.25) is 0 Å². The van der Waals surface area contributed by atoms with Crippen molar-refractivity contribution in [2.24, 2.45) is 10.9 Å². The van der Waals surface area contributed by atoms with Gasteiger partial charge in [0, 0.05) is 70.4 Å². The zero-order valence-electron chi connectivity index (χ0n) is 20.2. The summed E-state index contributed by atoms with van der Waals surface area (Å²) in [5, 5.41) is 3.53. The van der Waals surface area contributed by atoms with E-state index in [-0.39, 0.29) is 24.0 Å². The highest BCUT2D eigenvalue weighted by atomic mass is 127. The van der Waals surface area contributed by atoms with Crippen molar-refractivity contribution in [2.45, 2.75) is 39.0 Å². The van der Waals surface area contributed by atoms with Crippen LogP contribution in [0, 0.1) is 5.92 Å². The van der Waals surface area contributed by atoms with E-state index in [4.69, 9.17) is 9.73 Å². The Balaban J connectivity index is 0.00000306. The van der Waals surface area contributed by atoms with Crippen LogP contribution in [0.25, 0.3) is 0 Å². The van der Waals surface area contributed by atoms with E-state index in [1.54, 1.807) is 0 Å². The predicted octanol–water partition coefficient (Wildman–Crippen LogP) is 3.15. The number of guanidine groups is 1. The maximum absolute atomic E-state index is 12.1. The molecule has 2 unspecified atom stereocenters. The maximum Gasteiger partial charge on any atom is 0.222 e. The topological polar surface area (TPSA) is 60.4 Å². The fraction of sp³-hybridized carbons (Fsp3) is 0.680. The molecular weight excluding hydrogens is 529 g/mol. The lowest BCUT2D eigenvalue weighted by Crippen LogP contribution is -2.42. The van der Waals surface area contributed by atoms with E-state index < -0.39 is 0 Å². The standard InChI is InChI=1S/C25H39N5O2.HI/c1-3-26-25(27-17-20(2)18-28-13-15-32-16-14-28)30-19-21(22-7-4-5-8-23(22)30)10-12-29-11-6-9-24(29)31;/h4-5,7-8,20-21H,3,6,9-19H2,1-2H3,(H,26,27);1H. The Hall–Kier alpha value is -1.39. The van der Waals surface area contributed by atoms with E-state index in [9.17, 15) is 4.79 Å². The van der Waals surface area contributed by atoms with E-state index in [1.807, 2.05) is 4.90 Å². The molecule has 7 nitrogen and oxygen atoms in total. The first-order chi connectivity index (χ1) is 15.7. The molecule has 1 aromatic carbocycles. The Labute approximate surface area is 215 Å². The average molecular weight is 570 g/mol. The SMILES string of the molecule is CCNC(=NCC(C)CN1CCOCC1)N1CC(CCN2CCCC2=O)c2ccccc21.I. The van der Waals surface area contributed by atoms with Crippen molar-refractivity contribution in [3.8, 4) is 0 Å². The summed E-state index contributed by atoms with van der Waals surface area (Å²) in [5.74, 6) is 2.22. The molecule has 8 heteroatoms. The van der Waals surface area contributed by atoms with E-state index in [0.29, 0.717) is 24.2 Å². The molecule has 2 saturated heterocycles.